The lowest BCUT2D eigenvalue weighted by molar-refractivity contribution is -0.274. The number of ether oxygens (including phenoxy) is 2. The number of hydrogen-bond donors (Lipinski definition) is 0. The fourth-order valence-corrected chi connectivity index (χ4v) is 4.21. The zero-order chi connectivity index (χ0) is 23.5. The fourth-order valence-electron chi connectivity index (χ4n) is 4.21. The van der Waals surface area contributed by atoms with Crippen LogP contribution in [0.4, 0.5) is 30.7 Å². The van der Waals surface area contributed by atoms with Gasteiger partial charge in [0.2, 0.25) is 0 Å². The highest BCUT2D eigenvalue weighted by atomic mass is 19.4. The highest BCUT2D eigenvalue weighted by Gasteiger charge is 2.41. The molecule has 0 bridgehead atoms. The number of hydrogen-bond acceptors (Lipinski definition) is 2. The molecule has 9 heteroatoms. The summed E-state index contributed by atoms with van der Waals surface area (Å²) in [7, 11) is 0. The molecule has 1 aliphatic carbocycles. The molecule has 3 rings (SSSR count). The molecule has 0 spiro atoms. The monoisotopic (exact) mass is 464 g/mol. The average Bonchev–Trinajstić information content (AvgIpc) is 2.68. The first-order chi connectivity index (χ1) is 15.0. The van der Waals surface area contributed by atoms with Crippen molar-refractivity contribution in [3.8, 4) is 11.5 Å². The van der Waals surface area contributed by atoms with E-state index in [2.05, 4.69) is 16.4 Å². The van der Waals surface area contributed by atoms with Gasteiger partial charge in [-0.05, 0) is 79.5 Å². The van der Waals surface area contributed by atoms with Crippen molar-refractivity contribution in [2.75, 3.05) is 0 Å². The van der Waals surface area contributed by atoms with E-state index in [9.17, 15) is 30.7 Å². The minimum absolute atomic E-state index is 0.100. The molecular weight excluding hydrogens is 441 g/mol. The van der Waals surface area contributed by atoms with Crippen LogP contribution in [-0.2, 0) is 6.11 Å². The fraction of sp³-hybridized carbons (Fsp3) is 0.478. The summed E-state index contributed by atoms with van der Waals surface area (Å²) in [6, 6.07) is 4.91. The van der Waals surface area contributed by atoms with Crippen LogP contribution in [0.15, 0.2) is 36.4 Å². The van der Waals surface area contributed by atoms with Crippen LogP contribution in [0.2, 0.25) is 0 Å². The summed E-state index contributed by atoms with van der Waals surface area (Å²) in [5.74, 6) is -3.62. The molecule has 0 N–H and O–H groups in total. The van der Waals surface area contributed by atoms with Crippen molar-refractivity contribution in [2.45, 2.75) is 63.8 Å². The SMILES string of the molecule is CCCC1CCC(c2cc(F)c(C(F)(F)Oc3ccc(OC(F)(F)F)cc3)c(F)c2)CC1. The molecule has 1 saturated carbocycles. The normalized spacial score (nSPS) is 19.6. The second kappa shape index (κ2) is 9.58. The Kier molecular flexibility index (Phi) is 7.25. The molecule has 0 heterocycles. The number of rotatable bonds is 7. The summed E-state index contributed by atoms with van der Waals surface area (Å²) in [4.78, 5) is 0. The molecule has 32 heavy (non-hydrogen) atoms. The maximum atomic E-state index is 14.6. The van der Waals surface area contributed by atoms with Crippen LogP contribution in [-0.4, -0.2) is 6.36 Å². The Morgan fingerprint density at radius 3 is 1.78 bits per heavy atom. The molecule has 2 aromatic rings. The summed E-state index contributed by atoms with van der Waals surface area (Å²) in [5, 5.41) is 0. The zero-order valence-electron chi connectivity index (χ0n) is 17.3. The molecule has 0 saturated heterocycles. The number of halogens is 7. The lowest BCUT2D eigenvalue weighted by Crippen LogP contribution is -2.25. The van der Waals surface area contributed by atoms with E-state index in [1.807, 2.05) is 0 Å². The van der Waals surface area contributed by atoms with Crippen molar-refractivity contribution >= 4 is 0 Å². The third-order valence-corrected chi connectivity index (χ3v) is 5.67. The van der Waals surface area contributed by atoms with E-state index in [0.717, 1.165) is 74.9 Å². The van der Waals surface area contributed by atoms with Crippen LogP contribution >= 0.6 is 0 Å². The molecule has 0 aromatic heterocycles. The van der Waals surface area contributed by atoms with Crippen molar-refractivity contribution < 1.29 is 40.2 Å². The van der Waals surface area contributed by atoms with Crippen LogP contribution < -0.4 is 9.47 Å². The standard InChI is InChI=1S/C23H23F7O2/c1-2-3-14-4-6-15(7-5-14)16-12-19(24)21(20(25)13-16)22(26,27)31-17-8-10-18(11-9-17)32-23(28,29)30/h8-15H,2-7H2,1H3. The lowest BCUT2D eigenvalue weighted by Gasteiger charge is -2.29. The Bertz CT molecular complexity index is 879. The van der Waals surface area contributed by atoms with Gasteiger partial charge < -0.3 is 9.47 Å². The van der Waals surface area contributed by atoms with Gasteiger partial charge in [-0.25, -0.2) is 8.78 Å². The van der Waals surface area contributed by atoms with Crippen molar-refractivity contribution in [3.63, 3.8) is 0 Å². The molecule has 1 fully saturated rings. The zero-order valence-corrected chi connectivity index (χ0v) is 17.3. The highest BCUT2D eigenvalue weighted by molar-refractivity contribution is 5.34. The first-order valence-corrected chi connectivity index (χ1v) is 10.4. The van der Waals surface area contributed by atoms with E-state index < -0.39 is 41.2 Å². The molecule has 0 amide bonds. The molecule has 2 nitrogen and oxygen atoms in total. The van der Waals surface area contributed by atoms with Crippen molar-refractivity contribution in [3.05, 3.63) is 59.2 Å². The Labute approximate surface area is 181 Å². The van der Waals surface area contributed by atoms with E-state index in [1.165, 1.54) is 0 Å². The first kappa shape index (κ1) is 24.2. The highest BCUT2D eigenvalue weighted by Crippen LogP contribution is 2.41. The van der Waals surface area contributed by atoms with Gasteiger partial charge in [-0.2, -0.15) is 8.78 Å². The van der Waals surface area contributed by atoms with Gasteiger partial charge >= 0.3 is 12.5 Å². The predicted octanol–water partition coefficient (Wildman–Crippen LogP) is 8.07. The van der Waals surface area contributed by atoms with Crippen LogP contribution in [0.3, 0.4) is 0 Å². The summed E-state index contributed by atoms with van der Waals surface area (Å²) in [5.41, 5.74) is -1.21. The van der Waals surface area contributed by atoms with Gasteiger partial charge in [0.25, 0.3) is 0 Å². The summed E-state index contributed by atoms with van der Waals surface area (Å²) in [6.45, 7) is 2.10. The van der Waals surface area contributed by atoms with Gasteiger partial charge in [0.1, 0.15) is 28.7 Å². The second-order valence-corrected chi connectivity index (χ2v) is 8.00. The van der Waals surface area contributed by atoms with Gasteiger partial charge in [-0.3, -0.25) is 0 Å². The largest absolute Gasteiger partial charge is 0.573 e. The molecule has 2 aromatic carbocycles. The van der Waals surface area contributed by atoms with Crippen LogP contribution in [0, 0.1) is 17.6 Å². The minimum atomic E-state index is -4.95. The maximum Gasteiger partial charge on any atom is 0.573 e. The van der Waals surface area contributed by atoms with Crippen molar-refractivity contribution in [1.82, 2.24) is 0 Å². The van der Waals surface area contributed by atoms with Crippen LogP contribution in [0.25, 0.3) is 0 Å². The molecule has 0 radical (unpaired) electrons. The number of alkyl halides is 5. The average molecular weight is 464 g/mol. The molecule has 176 valence electrons. The minimum Gasteiger partial charge on any atom is -0.429 e. The van der Waals surface area contributed by atoms with Gasteiger partial charge in [0.15, 0.2) is 0 Å². The molecule has 0 atom stereocenters. The van der Waals surface area contributed by atoms with Crippen molar-refractivity contribution in [1.29, 1.82) is 0 Å². The van der Waals surface area contributed by atoms with Crippen LogP contribution in [0.1, 0.15) is 62.5 Å². The Hall–Kier alpha value is -2.45. The molecule has 0 unspecified atom stereocenters. The third kappa shape index (κ3) is 6.07. The van der Waals surface area contributed by atoms with E-state index >= 15 is 0 Å². The Balaban J connectivity index is 1.74. The molecule has 1 aliphatic rings. The van der Waals surface area contributed by atoms with E-state index in [0.29, 0.717) is 11.5 Å². The van der Waals surface area contributed by atoms with E-state index in [4.69, 9.17) is 0 Å². The molecular formula is C23H23F7O2. The quantitative estimate of drug-likeness (QED) is 0.386. The van der Waals surface area contributed by atoms with Gasteiger partial charge in [-0.1, -0.05) is 19.8 Å². The van der Waals surface area contributed by atoms with Crippen LogP contribution in [0.5, 0.6) is 11.5 Å². The predicted molar refractivity (Wildman–Crippen MR) is 104 cm³/mol. The van der Waals surface area contributed by atoms with E-state index in [1.54, 1.807) is 0 Å². The van der Waals surface area contributed by atoms with E-state index in [-0.39, 0.29) is 5.92 Å². The lowest BCUT2D eigenvalue weighted by atomic mass is 9.77. The smallest absolute Gasteiger partial charge is 0.429 e. The maximum absolute atomic E-state index is 14.6. The molecule has 0 aliphatic heterocycles. The summed E-state index contributed by atoms with van der Waals surface area (Å²) >= 11 is 0. The second-order valence-electron chi connectivity index (χ2n) is 8.00. The summed E-state index contributed by atoms with van der Waals surface area (Å²) < 4.78 is 103. The Morgan fingerprint density at radius 2 is 1.31 bits per heavy atom. The van der Waals surface area contributed by atoms with Gasteiger partial charge in [0, 0.05) is 0 Å². The summed E-state index contributed by atoms with van der Waals surface area (Å²) in [6.07, 6.45) is -3.83. The van der Waals surface area contributed by atoms with Crippen molar-refractivity contribution in [2.24, 2.45) is 5.92 Å². The first-order valence-electron chi connectivity index (χ1n) is 10.4. The van der Waals surface area contributed by atoms with Gasteiger partial charge in [-0.15, -0.1) is 13.2 Å². The van der Waals surface area contributed by atoms with Gasteiger partial charge in [0.05, 0.1) is 0 Å². The number of benzene rings is 2. The third-order valence-electron chi connectivity index (χ3n) is 5.67. The Morgan fingerprint density at radius 1 is 0.812 bits per heavy atom. The topological polar surface area (TPSA) is 18.5 Å².